The fourth-order valence-electron chi connectivity index (χ4n) is 2.38. The zero-order valence-electron chi connectivity index (χ0n) is 11.0. The van der Waals surface area contributed by atoms with Crippen LogP contribution in [0.2, 0.25) is 0 Å². The van der Waals surface area contributed by atoms with Gasteiger partial charge in [-0.05, 0) is 32.3 Å². The van der Waals surface area contributed by atoms with Gasteiger partial charge in [-0.3, -0.25) is 8.89 Å². The van der Waals surface area contributed by atoms with Crippen LogP contribution >= 0.6 is 0 Å². The molecule has 5 heteroatoms. The van der Waals surface area contributed by atoms with E-state index in [1.54, 1.807) is 0 Å². The molecule has 0 saturated heterocycles. The Morgan fingerprint density at radius 2 is 2.28 bits per heavy atom. The predicted octanol–water partition coefficient (Wildman–Crippen LogP) is 1.98. The number of nitrogens with zero attached hydrogens (tertiary/aromatic N) is 2. The topological polar surface area (TPSA) is 60.9 Å². The molecule has 4 nitrogen and oxygen atoms in total. The fourth-order valence-corrected chi connectivity index (χ4v) is 3.64. The summed E-state index contributed by atoms with van der Waals surface area (Å²) in [7, 11) is -0.836. The van der Waals surface area contributed by atoms with E-state index in [0.29, 0.717) is 17.5 Å². The van der Waals surface area contributed by atoms with E-state index in [1.165, 1.54) is 25.7 Å². The number of hydrogen-bond donors (Lipinski definition) is 1. The van der Waals surface area contributed by atoms with Crippen molar-refractivity contribution in [2.75, 3.05) is 5.75 Å². The van der Waals surface area contributed by atoms with Gasteiger partial charge >= 0.3 is 0 Å². The molecule has 1 aromatic heterocycles. The highest BCUT2D eigenvalue weighted by Gasteiger charge is 2.17. The predicted molar refractivity (Wildman–Crippen MR) is 74.7 cm³/mol. The minimum Gasteiger partial charge on any atom is -0.328 e. The second kappa shape index (κ2) is 6.48. The summed E-state index contributed by atoms with van der Waals surface area (Å²) in [5, 5.41) is 4.55. The van der Waals surface area contributed by atoms with E-state index >= 15 is 0 Å². The second-order valence-corrected chi connectivity index (χ2v) is 6.86. The van der Waals surface area contributed by atoms with Crippen LogP contribution < -0.4 is 5.73 Å². The van der Waals surface area contributed by atoms with Crippen molar-refractivity contribution in [3.63, 3.8) is 0 Å². The molecule has 0 bridgehead atoms. The van der Waals surface area contributed by atoms with Crippen LogP contribution in [-0.2, 0) is 16.6 Å². The number of rotatable bonds is 6. The molecule has 0 spiro atoms. The van der Waals surface area contributed by atoms with E-state index in [2.05, 4.69) is 9.78 Å². The lowest BCUT2D eigenvalue weighted by atomic mass is 10.3. The maximum atomic E-state index is 11.9. The Balaban J connectivity index is 1.84. The van der Waals surface area contributed by atoms with Crippen LogP contribution in [0.3, 0.4) is 0 Å². The number of nitrogens with two attached hydrogens (primary N) is 1. The average molecular weight is 269 g/mol. The summed E-state index contributed by atoms with van der Waals surface area (Å²) in [6.07, 6.45) is 7.92. The third-order valence-corrected chi connectivity index (χ3v) is 4.78. The van der Waals surface area contributed by atoms with Gasteiger partial charge in [0.25, 0.3) is 0 Å². The molecular formula is C13H23N3OS. The van der Waals surface area contributed by atoms with Gasteiger partial charge in [-0.15, -0.1) is 0 Å². The molecule has 18 heavy (non-hydrogen) atoms. The van der Waals surface area contributed by atoms with Gasteiger partial charge in [-0.25, -0.2) is 0 Å². The molecule has 1 heterocycles. The van der Waals surface area contributed by atoms with Crippen molar-refractivity contribution < 1.29 is 4.21 Å². The van der Waals surface area contributed by atoms with Gasteiger partial charge in [0.15, 0.2) is 0 Å². The van der Waals surface area contributed by atoms with Crippen molar-refractivity contribution in [1.82, 2.24) is 9.78 Å². The molecular weight excluding hydrogens is 246 g/mol. The molecule has 0 radical (unpaired) electrons. The van der Waals surface area contributed by atoms with Crippen LogP contribution in [-0.4, -0.2) is 25.8 Å². The van der Waals surface area contributed by atoms with E-state index < -0.39 is 10.8 Å². The quantitative estimate of drug-likeness (QED) is 0.859. The largest absolute Gasteiger partial charge is 0.328 e. The third-order valence-electron chi connectivity index (χ3n) is 3.47. The lowest BCUT2D eigenvalue weighted by molar-refractivity contribution is 0.464. The normalized spacial score (nSPS) is 20.1. The van der Waals surface area contributed by atoms with Gasteiger partial charge in [0.1, 0.15) is 0 Å². The van der Waals surface area contributed by atoms with Gasteiger partial charge in [-0.2, -0.15) is 5.10 Å². The van der Waals surface area contributed by atoms with E-state index in [9.17, 15) is 4.21 Å². The summed E-state index contributed by atoms with van der Waals surface area (Å²) in [5.74, 6) is 1.24. The Kier molecular flexibility index (Phi) is 4.95. The van der Waals surface area contributed by atoms with Crippen molar-refractivity contribution in [3.8, 4) is 0 Å². The Morgan fingerprint density at radius 1 is 1.56 bits per heavy atom. The molecule has 2 rings (SSSR count). The second-order valence-electron chi connectivity index (χ2n) is 5.28. The van der Waals surface area contributed by atoms with Crippen LogP contribution in [0.15, 0.2) is 12.3 Å². The van der Waals surface area contributed by atoms with Crippen molar-refractivity contribution >= 4 is 10.8 Å². The lowest BCUT2D eigenvalue weighted by Crippen LogP contribution is -2.18. The maximum Gasteiger partial charge on any atom is 0.0749 e. The highest BCUT2D eigenvalue weighted by Crippen LogP contribution is 2.28. The first-order valence-corrected chi connectivity index (χ1v) is 8.28. The molecule has 1 fully saturated rings. The molecule has 102 valence electrons. The summed E-state index contributed by atoms with van der Waals surface area (Å²) < 4.78 is 13.9. The average Bonchev–Trinajstić information content (AvgIpc) is 2.95. The van der Waals surface area contributed by atoms with Gasteiger partial charge in [0.2, 0.25) is 0 Å². The van der Waals surface area contributed by atoms with Crippen molar-refractivity contribution in [2.45, 2.75) is 56.9 Å². The van der Waals surface area contributed by atoms with Crippen molar-refractivity contribution in [2.24, 2.45) is 5.73 Å². The first-order valence-electron chi connectivity index (χ1n) is 6.80. The zero-order valence-corrected chi connectivity index (χ0v) is 11.9. The molecule has 1 aromatic rings. The van der Waals surface area contributed by atoms with Crippen LogP contribution in [0.1, 0.15) is 50.8 Å². The van der Waals surface area contributed by atoms with Crippen LogP contribution in [0, 0.1) is 0 Å². The first-order chi connectivity index (χ1) is 8.65. The minimum atomic E-state index is -0.836. The Hall–Kier alpha value is -0.680. The zero-order chi connectivity index (χ0) is 13.0. The molecule has 0 aromatic carbocycles. The van der Waals surface area contributed by atoms with Gasteiger partial charge in [0, 0.05) is 28.8 Å². The van der Waals surface area contributed by atoms with E-state index in [4.69, 9.17) is 5.73 Å². The number of hydrogen-bond acceptors (Lipinski definition) is 3. The van der Waals surface area contributed by atoms with E-state index in [0.717, 1.165) is 12.1 Å². The third kappa shape index (κ3) is 3.92. The molecule has 0 aliphatic heterocycles. The van der Waals surface area contributed by atoms with Crippen molar-refractivity contribution in [1.29, 1.82) is 0 Å². The lowest BCUT2D eigenvalue weighted by Gasteiger charge is -2.08. The maximum absolute atomic E-state index is 11.9. The molecule has 2 N–H and O–H groups in total. The monoisotopic (exact) mass is 269 g/mol. The number of aromatic nitrogens is 2. The summed E-state index contributed by atoms with van der Waals surface area (Å²) in [6, 6.07) is 2.70. The summed E-state index contributed by atoms with van der Waals surface area (Å²) in [5.41, 5.74) is 6.62. The van der Waals surface area contributed by atoms with Crippen LogP contribution in [0.25, 0.3) is 0 Å². The standard InChI is InChI=1S/C13H23N3OS/c1-11(14)7-9-18(17)10-12-6-8-16(15-12)13-4-2-3-5-13/h6,8,11,13H,2-5,7,9-10,14H2,1H3. The van der Waals surface area contributed by atoms with Gasteiger partial charge in [-0.1, -0.05) is 12.8 Å². The molecule has 1 aliphatic rings. The molecule has 2 atom stereocenters. The highest BCUT2D eigenvalue weighted by atomic mass is 32.2. The van der Waals surface area contributed by atoms with Gasteiger partial charge in [0.05, 0.1) is 17.5 Å². The van der Waals surface area contributed by atoms with Crippen LogP contribution in [0.4, 0.5) is 0 Å². The Morgan fingerprint density at radius 3 is 2.94 bits per heavy atom. The van der Waals surface area contributed by atoms with E-state index in [1.807, 2.05) is 19.2 Å². The fraction of sp³-hybridized carbons (Fsp3) is 0.769. The molecule has 1 saturated carbocycles. The minimum absolute atomic E-state index is 0.130. The summed E-state index contributed by atoms with van der Waals surface area (Å²) in [6.45, 7) is 1.95. The molecule has 2 unspecified atom stereocenters. The van der Waals surface area contributed by atoms with Gasteiger partial charge < -0.3 is 5.73 Å². The van der Waals surface area contributed by atoms with Crippen LogP contribution in [0.5, 0.6) is 0 Å². The Labute approximate surface area is 111 Å². The highest BCUT2D eigenvalue weighted by molar-refractivity contribution is 7.84. The first kappa shape index (κ1) is 13.7. The van der Waals surface area contributed by atoms with E-state index in [-0.39, 0.29) is 6.04 Å². The summed E-state index contributed by atoms with van der Waals surface area (Å²) in [4.78, 5) is 0. The molecule has 1 aliphatic carbocycles. The SMILES string of the molecule is CC(N)CCS(=O)Cc1ccn(C2CCCC2)n1. The molecule has 0 amide bonds. The smallest absolute Gasteiger partial charge is 0.0749 e. The van der Waals surface area contributed by atoms with Crippen molar-refractivity contribution in [3.05, 3.63) is 18.0 Å². The summed E-state index contributed by atoms with van der Waals surface area (Å²) >= 11 is 0. The Bertz CT molecular complexity index is 397.